The number of hydrogen-bond donors (Lipinski definition) is 2. The summed E-state index contributed by atoms with van der Waals surface area (Å²) in [5.74, 6) is -0.954. The van der Waals surface area contributed by atoms with Gasteiger partial charge in [0, 0.05) is 35.6 Å². The van der Waals surface area contributed by atoms with E-state index in [9.17, 15) is 8.78 Å². The van der Waals surface area contributed by atoms with Crippen LogP contribution in [0.1, 0.15) is 31.6 Å². The summed E-state index contributed by atoms with van der Waals surface area (Å²) in [5, 5.41) is 0. The Labute approximate surface area is 143 Å². The normalized spacial score (nSPS) is 17.2. The maximum absolute atomic E-state index is 13.6. The molecule has 0 radical (unpaired) electrons. The number of benzene rings is 1. The summed E-state index contributed by atoms with van der Waals surface area (Å²) in [7, 11) is 0. The maximum Gasteiger partial charge on any atom is 0.161 e. The van der Waals surface area contributed by atoms with Crippen LogP contribution in [0.25, 0.3) is 16.6 Å². The zero-order valence-electron chi connectivity index (χ0n) is 11.9. The van der Waals surface area contributed by atoms with Gasteiger partial charge in [-0.3, -0.25) is 0 Å². The van der Waals surface area contributed by atoms with Crippen molar-refractivity contribution in [3.63, 3.8) is 0 Å². The molecule has 0 bridgehead atoms. The fraction of sp³-hybridized carbons (Fsp3) is 0.267. The lowest BCUT2D eigenvalue weighted by molar-refractivity contribution is 0.510. The van der Waals surface area contributed by atoms with Crippen LogP contribution in [0.2, 0.25) is 0 Å². The number of allylic oxidation sites excluding steroid dienone is 3. The van der Waals surface area contributed by atoms with Crippen molar-refractivity contribution in [1.29, 1.82) is 0 Å². The molecule has 0 saturated heterocycles. The standard InChI is InChI=1S/C15H14F2N4.HI/c1-8-4-9(7-18-20-8)15-19-13-5-11(16)12(17)6-14(13)21(15)10-2-3-10;/h4-7,10,18,20H,2-3H2,1H3;1H. The third-order valence-electron chi connectivity index (χ3n) is 3.77. The molecule has 1 aliphatic heterocycles. The molecule has 2 aliphatic rings. The third kappa shape index (κ3) is 2.47. The number of hydrogen-bond acceptors (Lipinski definition) is 3. The number of hydrazine groups is 1. The zero-order chi connectivity index (χ0) is 14.6. The van der Waals surface area contributed by atoms with Crippen LogP contribution in [-0.4, -0.2) is 9.55 Å². The summed E-state index contributed by atoms with van der Waals surface area (Å²) in [6.45, 7) is 1.93. The second-order valence-corrected chi connectivity index (χ2v) is 5.49. The van der Waals surface area contributed by atoms with E-state index in [1.165, 1.54) is 12.1 Å². The minimum atomic E-state index is -0.862. The van der Waals surface area contributed by atoms with E-state index in [2.05, 4.69) is 15.8 Å². The lowest BCUT2D eigenvalue weighted by Crippen LogP contribution is -2.28. The first-order chi connectivity index (χ1) is 10.1. The van der Waals surface area contributed by atoms with Crippen LogP contribution in [0.4, 0.5) is 8.78 Å². The molecule has 7 heteroatoms. The van der Waals surface area contributed by atoms with E-state index in [0.29, 0.717) is 17.1 Å². The van der Waals surface area contributed by atoms with Gasteiger partial charge in [-0.1, -0.05) is 0 Å². The van der Waals surface area contributed by atoms with E-state index >= 15 is 0 Å². The molecule has 1 aliphatic carbocycles. The van der Waals surface area contributed by atoms with Gasteiger partial charge in [0.1, 0.15) is 5.82 Å². The van der Waals surface area contributed by atoms with Crippen LogP contribution in [0.15, 0.2) is 30.1 Å². The number of fused-ring (bicyclic) bond motifs is 1. The number of imidazole rings is 1. The average molecular weight is 416 g/mol. The smallest absolute Gasteiger partial charge is 0.161 e. The van der Waals surface area contributed by atoms with Crippen LogP contribution in [0.3, 0.4) is 0 Å². The van der Waals surface area contributed by atoms with Crippen molar-refractivity contribution in [1.82, 2.24) is 20.4 Å². The van der Waals surface area contributed by atoms with E-state index in [1.807, 2.05) is 17.6 Å². The lowest BCUT2D eigenvalue weighted by Gasteiger charge is -2.15. The monoisotopic (exact) mass is 416 g/mol. The van der Waals surface area contributed by atoms with Crippen LogP contribution in [-0.2, 0) is 0 Å². The molecule has 1 saturated carbocycles. The Morgan fingerprint density at radius 3 is 2.64 bits per heavy atom. The number of nitrogens with one attached hydrogen (secondary N) is 2. The van der Waals surface area contributed by atoms with Gasteiger partial charge in [-0.2, -0.15) is 0 Å². The maximum atomic E-state index is 13.6. The largest absolute Gasteiger partial charge is 0.321 e. The molecule has 0 unspecified atom stereocenters. The summed E-state index contributed by atoms with van der Waals surface area (Å²) < 4.78 is 29.0. The number of halogens is 3. The predicted molar refractivity (Wildman–Crippen MR) is 91.3 cm³/mol. The first-order valence-corrected chi connectivity index (χ1v) is 6.91. The fourth-order valence-electron chi connectivity index (χ4n) is 2.66. The van der Waals surface area contributed by atoms with Crippen molar-refractivity contribution in [2.75, 3.05) is 0 Å². The summed E-state index contributed by atoms with van der Waals surface area (Å²) in [5.41, 5.74) is 8.92. The highest BCUT2D eigenvalue weighted by Crippen LogP contribution is 2.40. The fourth-order valence-corrected chi connectivity index (χ4v) is 2.66. The quantitative estimate of drug-likeness (QED) is 0.736. The van der Waals surface area contributed by atoms with E-state index in [1.54, 1.807) is 6.20 Å². The minimum absolute atomic E-state index is 0. The Balaban J connectivity index is 0.00000144. The van der Waals surface area contributed by atoms with Gasteiger partial charge in [0.15, 0.2) is 11.6 Å². The molecule has 0 amide bonds. The zero-order valence-corrected chi connectivity index (χ0v) is 14.2. The van der Waals surface area contributed by atoms with E-state index in [4.69, 9.17) is 0 Å². The highest BCUT2D eigenvalue weighted by molar-refractivity contribution is 14.0. The van der Waals surface area contributed by atoms with Crippen molar-refractivity contribution >= 4 is 40.6 Å². The molecule has 1 fully saturated rings. The molecule has 4 rings (SSSR count). The van der Waals surface area contributed by atoms with Crippen molar-refractivity contribution in [2.45, 2.75) is 25.8 Å². The highest BCUT2D eigenvalue weighted by Gasteiger charge is 2.30. The SMILES string of the molecule is CC1=CC(c2nc3cc(F)c(F)cc3n2C2CC2)=CNN1.I. The predicted octanol–water partition coefficient (Wildman–Crippen LogP) is 3.62. The van der Waals surface area contributed by atoms with Gasteiger partial charge < -0.3 is 15.4 Å². The van der Waals surface area contributed by atoms with Crippen LogP contribution in [0, 0.1) is 11.6 Å². The van der Waals surface area contributed by atoms with E-state index in [0.717, 1.165) is 29.9 Å². The second-order valence-electron chi connectivity index (χ2n) is 5.49. The van der Waals surface area contributed by atoms with Gasteiger partial charge in [-0.15, -0.1) is 24.0 Å². The Hall–Kier alpha value is -1.64. The van der Waals surface area contributed by atoms with Gasteiger partial charge >= 0.3 is 0 Å². The molecule has 2 heterocycles. The minimum Gasteiger partial charge on any atom is -0.321 e. The van der Waals surface area contributed by atoms with Gasteiger partial charge in [0.05, 0.1) is 11.0 Å². The van der Waals surface area contributed by atoms with Gasteiger partial charge in [-0.25, -0.2) is 13.8 Å². The molecule has 2 aromatic rings. The van der Waals surface area contributed by atoms with Crippen LogP contribution in [0.5, 0.6) is 0 Å². The summed E-state index contributed by atoms with van der Waals surface area (Å²) in [4.78, 5) is 4.51. The number of nitrogens with zero attached hydrogens (tertiary/aromatic N) is 2. The van der Waals surface area contributed by atoms with Gasteiger partial charge in [0.2, 0.25) is 0 Å². The van der Waals surface area contributed by atoms with Gasteiger partial charge in [-0.05, 0) is 25.8 Å². The van der Waals surface area contributed by atoms with Crippen molar-refractivity contribution in [3.8, 4) is 0 Å². The Kier molecular flexibility index (Phi) is 3.84. The topological polar surface area (TPSA) is 41.9 Å². The first kappa shape index (κ1) is 15.3. The molecular formula is C15H15F2IN4. The van der Waals surface area contributed by atoms with Crippen molar-refractivity contribution < 1.29 is 8.78 Å². The molecule has 0 spiro atoms. The molecule has 2 N–H and O–H groups in total. The molecule has 1 aromatic carbocycles. The Bertz CT molecular complexity index is 805. The lowest BCUT2D eigenvalue weighted by atomic mass is 10.2. The summed E-state index contributed by atoms with van der Waals surface area (Å²) in [6, 6.07) is 2.73. The molecule has 1 aromatic heterocycles. The highest BCUT2D eigenvalue weighted by atomic mass is 127. The summed E-state index contributed by atoms with van der Waals surface area (Å²) >= 11 is 0. The van der Waals surface area contributed by atoms with E-state index < -0.39 is 11.6 Å². The second kappa shape index (κ2) is 5.53. The van der Waals surface area contributed by atoms with Crippen molar-refractivity contribution in [3.05, 3.63) is 47.6 Å². The Morgan fingerprint density at radius 2 is 1.95 bits per heavy atom. The van der Waals surface area contributed by atoms with Crippen LogP contribution >= 0.6 is 24.0 Å². The van der Waals surface area contributed by atoms with Gasteiger partial charge in [0.25, 0.3) is 0 Å². The molecule has 22 heavy (non-hydrogen) atoms. The third-order valence-corrected chi connectivity index (χ3v) is 3.77. The molecular weight excluding hydrogens is 401 g/mol. The van der Waals surface area contributed by atoms with E-state index in [-0.39, 0.29) is 24.0 Å². The number of aromatic nitrogens is 2. The van der Waals surface area contributed by atoms with Crippen molar-refractivity contribution in [2.24, 2.45) is 0 Å². The summed E-state index contributed by atoms with van der Waals surface area (Å²) in [6.07, 6.45) is 5.85. The number of rotatable bonds is 2. The van der Waals surface area contributed by atoms with Crippen LogP contribution < -0.4 is 10.9 Å². The Morgan fingerprint density at radius 1 is 1.23 bits per heavy atom. The molecule has 0 atom stereocenters. The average Bonchev–Trinajstić information content (AvgIpc) is 3.22. The molecule has 4 nitrogen and oxygen atoms in total. The molecule has 116 valence electrons. The first-order valence-electron chi connectivity index (χ1n) is 6.91.